The lowest BCUT2D eigenvalue weighted by molar-refractivity contribution is 0.213. The van der Waals surface area contributed by atoms with E-state index in [0.29, 0.717) is 11.2 Å². The van der Waals surface area contributed by atoms with Crippen molar-refractivity contribution in [3.8, 4) is 0 Å². The van der Waals surface area contributed by atoms with Gasteiger partial charge in [0.25, 0.3) is 0 Å². The van der Waals surface area contributed by atoms with Crippen molar-refractivity contribution in [1.82, 2.24) is 14.9 Å². The van der Waals surface area contributed by atoms with E-state index in [1.54, 1.807) is 0 Å². The van der Waals surface area contributed by atoms with Crippen LogP contribution in [0.2, 0.25) is 5.15 Å². The smallest absolute Gasteiger partial charge is 0.134 e. The molecule has 1 aliphatic heterocycles. The third-order valence-corrected chi connectivity index (χ3v) is 3.81. The normalized spacial score (nSPS) is 21.3. The lowest BCUT2D eigenvalue weighted by Crippen LogP contribution is -2.51. The number of hydrogen-bond acceptors (Lipinski definition) is 4. The minimum atomic E-state index is 0.545. The minimum Gasteiger partial charge on any atom is -0.354 e. The fourth-order valence-electron chi connectivity index (χ4n) is 2.37. The number of likely N-dealkylation sites (N-methyl/N-ethyl adjacent to an activating group) is 1. The van der Waals surface area contributed by atoms with E-state index in [1.165, 1.54) is 0 Å². The van der Waals surface area contributed by atoms with Gasteiger partial charge in [-0.2, -0.15) is 0 Å². The van der Waals surface area contributed by atoms with Crippen LogP contribution in [0.5, 0.6) is 0 Å². The lowest BCUT2D eigenvalue weighted by Gasteiger charge is -2.39. The zero-order valence-electron chi connectivity index (χ0n) is 11.4. The number of halogens is 1. The molecule has 2 rings (SSSR count). The number of nitrogens with zero attached hydrogens (tertiary/aromatic N) is 4. The van der Waals surface area contributed by atoms with Crippen molar-refractivity contribution in [2.45, 2.75) is 32.7 Å². The Morgan fingerprint density at radius 2 is 2.11 bits per heavy atom. The van der Waals surface area contributed by atoms with Crippen LogP contribution in [0.15, 0.2) is 6.07 Å². The second-order valence-corrected chi connectivity index (χ2v) is 5.19. The summed E-state index contributed by atoms with van der Waals surface area (Å²) in [5.74, 6) is 1.79. The zero-order valence-corrected chi connectivity index (χ0v) is 12.1. The van der Waals surface area contributed by atoms with E-state index >= 15 is 0 Å². The summed E-state index contributed by atoms with van der Waals surface area (Å²) >= 11 is 6.06. The molecule has 0 aromatic carbocycles. The van der Waals surface area contributed by atoms with Gasteiger partial charge in [0.05, 0.1) is 0 Å². The summed E-state index contributed by atoms with van der Waals surface area (Å²) in [6, 6.07) is 2.47. The van der Waals surface area contributed by atoms with Crippen LogP contribution < -0.4 is 4.90 Å². The monoisotopic (exact) mass is 268 g/mol. The number of anilines is 1. The molecule has 0 saturated carbocycles. The van der Waals surface area contributed by atoms with Crippen molar-refractivity contribution < 1.29 is 0 Å². The predicted molar refractivity (Wildman–Crippen MR) is 75.3 cm³/mol. The molecule has 1 aromatic heterocycles. The molecular weight excluding hydrogens is 248 g/mol. The highest BCUT2D eigenvalue weighted by Gasteiger charge is 2.24. The Morgan fingerprint density at radius 3 is 2.78 bits per heavy atom. The Bertz CT molecular complexity index is 410. The van der Waals surface area contributed by atoms with Crippen LogP contribution in [0.25, 0.3) is 0 Å². The molecule has 1 fully saturated rings. The van der Waals surface area contributed by atoms with E-state index in [2.05, 4.69) is 33.7 Å². The molecular formula is C13H21ClN4. The average Bonchev–Trinajstić information content (AvgIpc) is 2.38. The molecule has 2 heterocycles. The molecule has 1 saturated heterocycles. The average molecular weight is 269 g/mol. The molecule has 1 unspecified atom stereocenters. The van der Waals surface area contributed by atoms with E-state index in [4.69, 9.17) is 11.6 Å². The third kappa shape index (κ3) is 2.93. The summed E-state index contributed by atoms with van der Waals surface area (Å²) in [6.45, 7) is 7.37. The molecule has 0 N–H and O–H groups in total. The number of aromatic nitrogens is 2. The van der Waals surface area contributed by atoms with Gasteiger partial charge in [0.15, 0.2) is 0 Å². The summed E-state index contributed by atoms with van der Waals surface area (Å²) in [5, 5.41) is 0.545. The van der Waals surface area contributed by atoms with Gasteiger partial charge >= 0.3 is 0 Å². The van der Waals surface area contributed by atoms with Crippen LogP contribution in [-0.4, -0.2) is 47.6 Å². The Kier molecular flexibility index (Phi) is 4.40. The predicted octanol–water partition coefficient (Wildman–Crippen LogP) is 2.22. The van der Waals surface area contributed by atoms with Crippen molar-refractivity contribution >= 4 is 17.4 Å². The fourth-order valence-corrected chi connectivity index (χ4v) is 2.56. The van der Waals surface area contributed by atoms with Crippen molar-refractivity contribution in [3.63, 3.8) is 0 Å². The maximum Gasteiger partial charge on any atom is 0.134 e. The van der Waals surface area contributed by atoms with Gasteiger partial charge in [-0.15, -0.1) is 0 Å². The molecule has 4 nitrogen and oxygen atoms in total. The first-order chi connectivity index (χ1) is 8.63. The van der Waals surface area contributed by atoms with Crippen molar-refractivity contribution in [2.24, 2.45) is 0 Å². The van der Waals surface area contributed by atoms with Crippen LogP contribution in [0.1, 0.15) is 26.1 Å². The van der Waals surface area contributed by atoms with E-state index in [0.717, 1.165) is 44.1 Å². The van der Waals surface area contributed by atoms with Gasteiger partial charge in [0.1, 0.15) is 16.8 Å². The first-order valence-corrected chi connectivity index (χ1v) is 7.00. The van der Waals surface area contributed by atoms with Crippen LogP contribution in [-0.2, 0) is 6.42 Å². The summed E-state index contributed by atoms with van der Waals surface area (Å²) in [6.07, 6.45) is 1.98. The summed E-state index contributed by atoms with van der Waals surface area (Å²) in [5.41, 5.74) is 0. The lowest BCUT2D eigenvalue weighted by atomic mass is 10.1. The molecule has 1 aliphatic rings. The molecule has 0 spiro atoms. The summed E-state index contributed by atoms with van der Waals surface area (Å²) in [7, 11) is 2.19. The number of hydrogen-bond donors (Lipinski definition) is 0. The quantitative estimate of drug-likeness (QED) is 0.787. The van der Waals surface area contributed by atoms with E-state index < -0.39 is 0 Å². The zero-order chi connectivity index (χ0) is 13.1. The largest absolute Gasteiger partial charge is 0.354 e. The van der Waals surface area contributed by atoms with Gasteiger partial charge in [-0.05, 0) is 13.5 Å². The van der Waals surface area contributed by atoms with Crippen LogP contribution in [0.3, 0.4) is 0 Å². The molecule has 0 amide bonds. The van der Waals surface area contributed by atoms with Gasteiger partial charge in [-0.3, -0.25) is 4.90 Å². The second kappa shape index (κ2) is 5.85. The van der Waals surface area contributed by atoms with Crippen molar-refractivity contribution in [3.05, 3.63) is 17.0 Å². The second-order valence-electron chi connectivity index (χ2n) is 4.81. The Morgan fingerprint density at radius 1 is 1.33 bits per heavy atom. The molecule has 0 bridgehead atoms. The number of rotatable bonds is 3. The molecule has 0 radical (unpaired) electrons. The number of piperazine rings is 1. The highest BCUT2D eigenvalue weighted by atomic mass is 35.5. The van der Waals surface area contributed by atoms with Crippen molar-refractivity contribution in [2.75, 3.05) is 31.6 Å². The SMILES string of the molecule is CCc1nc(Cl)cc(N2CCN(C)C(CC)C2)n1. The standard InChI is InChI=1S/C13H21ClN4/c1-4-10-9-18(7-6-17(10)3)13-8-11(14)15-12(5-2)16-13/h8,10H,4-7,9H2,1-3H3. The van der Waals surface area contributed by atoms with E-state index in [9.17, 15) is 0 Å². The molecule has 1 aromatic rings. The van der Waals surface area contributed by atoms with Crippen molar-refractivity contribution in [1.29, 1.82) is 0 Å². The molecule has 5 heteroatoms. The van der Waals surface area contributed by atoms with Crippen LogP contribution >= 0.6 is 11.6 Å². The molecule has 1 atom stereocenters. The molecule has 0 aliphatic carbocycles. The Labute approximate surface area is 114 Å². The third-order valence-electron chi connectivity index (χ3n) is 3.62. The van der Waals surface area contributed by atoms with Crippen LogP contribution in [0, 0.1) is 0 Å². The Hall–Kier alpha value is -0.870. The van der Waals surface area contributed by atoms with Gasteiger partial charge in [0.2, 0.25) is 0 Å². The van der Waals surface area contributed by atoms with E-state index in [-0.39, 0.29) is 0 Å². The maximum atomic E-state index is 6.06. The highest BCUT2D eigenvalue weighted by molar-refractivity contribution is 6.29. The fraction of sp³-hybridized carbons (Fsp3) is 0.692. The topological polar surface area (TPSA) is 32.3 Å². The van der Waals surface area contributed by atoms with Gasteiger partial charge in [-0.25, -0.2) is 9.97 Å². The maximum absolute atomic E-state index is 6.06. The first-order valence-electron chi connectivity index (χ1n) is 6.62. The number of aryl methyl sites for hydroxylation is 1. The first kappa shape index (κ1) is 13.6. The van der Waals surface area contributed by atoms with Gasteiger partial charge in [0, 0.05) is 38.2 Å². The Balaban J connectivity index is 2.18. The molecule has 100 valence electrons. The summed E-state index contributed by atoms with van der Waals surface area (Å²) < 4.78 is 0. The van der Waals surface area contributed by atoms with Gasteiger partial charge in [-0.1, -0.05) is 25.4 Å². The highest BCUT2D eigenvalue weighted by Crippen LogP contribution is 2.20. The van der Waals surface area contributed by atoms with Gasteiger partial charge < -0.3 is 4.90 Å². The molecule has 18 heavy (non-hydrogen) atoms. The van der Waals surface area contributed by atoms with E-state index in [1.807, 2.05) is 13.0 Å². The summed E-state index contributed by atoms with van der Waals surface area (Å²) in [4.78, 5) is 13.5. The minimum absolute atomic E-state index is 0.545. The van der Waals surface area contributed by atoms with Crippen LogP contribution in [0.4, 0.5) is 5.82 Å².